The highest BCUT2D eigenvalue weighted by molar-refractivity contribution is 6.33. The second-order valence-electron chi connectivity index (χ2n) is 4.86. The van der Waals surface area contributed by atoms with Crippen molar-refractivity contribution in [1.29, 1.82) is 0 Å². The van der Waals surface area contributed by atoms with E-state index in [-0.39, 0.29) is 11.9 Å². The fourth-order valence-corrected chi connectivity index (χ4v) is 2.22. The second kappa shape index (κ2) is 5.62. The molecule has 0 saturated heterocycles. The number of rotatable bonds is 3. The van der Waals surface area contributed by atoms with Gasteiger partial charge in [-0.25, -0.2) is 4.39 Å². The van der Waals surface area contributed by atoms with Crippen molar-refractivity contribution in [2.45, 2.75) is 26.8 Å². The van der Waals surface area contributed by atoms with Crippen molar-refractivity contribution in [2.75, 3.05) is 5.32 Å². The summed E-state index contributed by atoms with van der Waals surface area (Å²) in [6.07, 6.45) is 0. The highest BCUT2D eigenvalue weighted by Crippen LogP contribution is 2.27. The van der Waals surface area contributed by atoms with Crippen LogP contribution in [0, 0.1) is 19.7 Å². The van der Waals surface area contributed by atoms with Gasteiger partial charge in [0.05, 0.1) is 10.7 Å². The van der Waals surface area contributed by atoms with E-state index in [9.17, 15) is 4.39 Å². The lowest BCUT2D eigenvalue weighted by atomic mass is 10.1. The van der Waals surface area contributed by atoms with Gasteiger partial charge in [-0.3, -0.25) is 0 Å². The van der Waals surface area contributed by atoms with E-state index in [0.717, 1.165) is 16.8 Å². The molecule has 2 aromatic carbocycles. The Balaban J connectivity index is 2.20. The molecule has 2 aromatic rings. The zero-order valence-corrected chi connectivity index (χ0v) is 12.1. The van der Waals surface area contributed by atoms with E-state index < -0.39 is 0 Å². The summed E-state index contributed by atoms with van der Waals surface area (Å²) in [5, 5.41) is 3.98. The first-order valence-corrected chi connectivity index (χ1v) is 6.64. The predicted molar refractivity (Wildman–Crippen MR) is 79.4 cm³/mol. The molecule has 0 aliphatic rings. The maximum atomic E-state index is 13.6. The molecule has 19 heavy (non-hydrogen) atoms. The fraction of sp³-hybridized carbons (Fsp3) is 0.250. The van der Waals surface area contributed by atoms with Crippen molar-refractivity contribution in [1.82, 2.24) is 0 Å². The lowest BCUT2D eigenvalue weighted by Gasteiger charge is -2.17. The first-order chi connectivity index (χ1) is 8.97. The molecule has 0 aliphatic heterocycles. The van der Waals surface area contributed by atoms with Crippen molar-refractivity contribution in [3.05, 3.63) is 63.9 Å². The minimum absolute atomic E-state index is 0.00435. The van der Waals surface area contributed by atoms with Crippen LogP contribution < -0.4 is 5.32 Å². The third kappa shape index (κ3) is 3.27. The SMILES string of the molecule is Cc1ccc(NC(C)c2ccc(C)c(F)c2)c(Cl)c1. The second-order valence-corrected chi connectivity index (χ2v) is 5.27. The molecule has 0 radical (unpaired) electrons. The Bertz CT molecular complexity index is 595. The van der Waals surface area contributed by atoms with Gasteiger partial charge in [-0.2, -0.15) is 0 Å². The molecule has 0 aliphatic carbocycles. The fourth-order valence-electron chi connectivity index (χ4n) is 1.93. The Morgan fingerprint density at radius 1 is 1.11 bits per heavy atom. The summed E-state index contributed by atoms with van der Waals surface area (Å²) in [4.78, 5) is 0. The summed E-state index contributed by atoms with van der Waals surface area (Å²) in [6, 6.07) is 11.1. The highest BCUT2D eigenvalue weighted by Gasteiger charge is 2.09. The van der Waals surface area contributed by atoms with Gasteiger partial charge in [0.2, 0.25) is 0 Å². The molecule has 1 N–H and O–H groups in total. The van der Waals surface area contributed by atoms with Crippen LogP contribution in [0.4, 0.5) is 10.1 Å². The van der Waals surface area contributed by atoms with Gasteiger partial charge in [0.15, 0.2) is 0 Å². The molecular formula is C16H17ClFN. The highest BCUT2D eigenvalue weighted by atomic mass is 35.5. The maximum absolute atomic E-state index is 13.6. The molecular weight excluding hydrogens is 261 g/mol. The molecule has 0 aromatic heterocycles. The Hall–Kier alpha value is -1.54. The van der Waals surface area contributed by atoms with Crippen LogP contribution in [0.3, 0.4) is 0 Å². The van der Waals surface area contributed by atoms with Gasteiger partial charge >= 0.3 is 0 Å². The van der Waals surface area contributed by atoms with E-state index in [2.05, 4.69) is 5.32 Å². The van der Waals surface area contributed by atoms with Gasteiger partial charge in [-0.05, 0) is 55.7 Å². The Kier molecular flexibility index (Phi) is 4.11. The van der Waals surface area contributed by atoms with E-state index >= 15 is 0 Å². The van der Waals surface area contributed by atoms with Crippen LogP contribution in [0.1, 0.15) is 29.7 Å². The average Bonchev–Trinajstić information content (AvgIpc) is 2.36. The summed E-state index contributed by atoms with van der Waals surface area (Å²) in [5.41, 5.74) is 3.54. The Morgan fingerprint density at radius 2 is 1.84 bits per heavy atom. The maximum Gasteiger partial charge on any atom is 0.126 e. The zero-order chi connectivity index (χ0) is 14.0. The smallest absolute Gasteiger partial charge is 0.126 e. The lowest BCUT2D eigenvalue weighted by Crippen LogP contribution is -2.07. The van der Waals surface area contributed by atoms with Gasteiger partial charge in [-0.15, -0.1) is 0 Å². The molecule has 1 atom stereocenters. The number of benzene rings is 2. The van der Waals surface area contributed by atoms with Gasteiger partial charge in [-0.1, -0.05) is 29.8 Å². The van der Waals surface area contributed by atoms with E-state index in [4.69, 9.17) is 11.6 Å². The van der Waals surface area contributed by atoms with Crippen molar-refractivity contribution >= 4 is 17.3 Å². The number of hydrogen-bond donors (Lipinski definition) is 1. The normalized spacial score (nSPS) is 12.3. The quantitative estimate of drug-likeness (QED) is 0.806. The van der Waals surface area contributed by atoms with Crippen LogP contribution in [-0.4, -0.2) is 0 Å². The third-order valence-corrected chi connectivity index (χ3v) is 3.51. The van der Waals surface area contributed by atoms with Crippen LogP contribution in [0.5, 0.6) is 0 Å². The van der Waals surface area contributed by atoms with Crippen molar-refractivity contribution in [2.24, 2.45) is 0 Å². The van der Waals surface area contributed by atoms with Crippen LogP contribution in [0.25, 0.3) is 0 Å². The molecule has 1 unspecified atom stereocenters. The summed E-state index contributed by atoms with van der Waals surface area (Å²) in [7, 11) is 0. The third-order valence-electron chi connectivity index (χ3n) is 3.19. The molecule has 0 bridgehead atoms. The van der Waals surface area contributed by atoms with Crippen LogP contribution >= 0.6 is 11.6 Å². The van der Waals surface area contributed by atoms with Gasteiger partial charge in [0.1, 0.15) is 5.82 Å². The molecule has 0 amide bonds. The molecule has 0 saturated carbocycles. The summed E-state index contributed by atoms with van der Waals surface area (Å²) >= 11 is 6.18. The number of anilines is 1. The van der Waals surface area contributed by atoms with E-state index in [1.807, 2.05) is 38.1 Å². The molecule has 0 heterocycles. The monoisotopic (exact) mass is 277 g/mol. The van der Waals surface area contributed by atoms with E-state index in [1.54, 1.807) is 19.1 Å². The lowest BCUT2D eigenvalue weighted by molar-refractivity contribution is 0.614. The van der Waals surface area contributed by atoms with Crippen LogP contribution in [0.2, 0.25) is 5.02 Å². The summed E-state index contributed by atoms with van der Waals surface area (Å²) in [6.45, 7) is 5.74. The zero-order valence-electron chi connectivity index (χ0n) is 11.3. The first-order valence-electron chi connectivity index (χ1n) is 6.26. The van der Waals surface area contributed by atoms with Crippen LogP contribution in [-0.2, 0) is 0 Å². The van der Waals surface area contributed by atoms with Gasteiger partial charge < -0.3 is 5.32 Å². The Morgan fingerprint density at radius 3 is 2.47 bits per heavy atom. The minimum Gasteiger partial charge on any atom is -0.377 e. The number of aryl methyl sites for hydroxylation is 2. The molecule has 3 heteroatoms. The molecule has 100 valence electrons. The standard InChI is InChI=1S/C16H17ClFN/c1-10-4-7-16(14(17)8-10)19-12(3)13-6-5-11(2)15(18)9-13/h4-9,12,19H,1-3H3. The summed E-state index contributed by atoms with van der Waals surface area (Å²) in [5.74, 6) is -0.179. The Labute approximate surface area is 118 Å². The predicted octanol–water partition coefficient (Wildman–Crippen LogP) is 5.27. The molecule has 0 fully saturated rings. The molecule has 1 nitrogen and oxygen atoms in total. The van der Waals surface area contributed by atoms with E-state index in [1.165, 1.54) is 0 Å². The number of hydrogen-bond acceptors (Lipinski definition) is 1. The average molecular weight is 278 g/mol. The van der Waals surface area contributed by atoms with Gasteiger partial charge in [0.25, 0.3) is 0 Å². The first kappa shape index (κ1) is 13.9. The topological polar surface area (TPSA) is 12.0 Å². The largest absolute Gasteiger partial charge is 0.377 e. The molecule has 2 rings (SSSR count). The molecule has 0 spiro atoms. The van der Waals surface area contributed by atoms with Gasteiger partial charge in [0, 0.05) is 6.04 Å². The van der Waals surface area contributed by atoms with Crippen molar-refractivity contribution in [3.63, 3.8) is 0 Å². The summed E-state index contributed by atoms with van der Waals surface area (Å²) < 4.78 is 13.6. The van der Waals surface area contributed by atoms with Crippen LogP contribution in [0.15, 0.2) is 36.4 Å². The van der Waals surface area contributed by atoms with Crippen molar-refractivity contribution in [3.8, 4) is 0 Å². The van der Waals surface area contributed by atoms with E-state index in [0.29, 0.717) is 10.6 Å². The minimum atomic E-state index is -0.179. The van der Waals surface area contributed by atoms with Crippen molar-refractivity contribution < 1.29 is 4.39 Å². The number of halogens is 2. The number of nitrogens with one attached hydrogen (secondary N) is 1.